The molecule has 2 heterocycles. The van der Waals surface area contributed by atoms with Gasteiger partial charge in [-0.1, -0.05) is 19.1 Å². The van der Waals surface area contributed by atoms with E-state index in [4.69, 9.17) is 0 Å². The molecular weight excluding hydrogens is 324 g/mol. The average Bonchev–Trinajstić information content (AvgIpc) is 3.01. The number of halogens is 1. The molecule has 0 bridgehead atoms. The molecule has 104 valence electrons. The van der Waals surface area contributed by atoms with Gasteiger partial charge in [-0.2, -0.15) is 0 Å². The molecule has 0 aromatic carbocycles. The highest BCUT2D eigenvalue weighted by Crippen LogP contribution is 2.32. The molecule has 0 spiro atoms. The van der Waals surface area contributed by atoms with E-state index in [1.165, 1.54) is 4.88 Å². The van der Waals surface area contributed by atoms with Crippen molar-refractivity contribution >= 4 is 27.3 Å². The SMILES string of the molecule is CCCNC(c1sccc1Br)c1cnnn1CCC. The van der Waals surface area contributed by atoms with Gasteiger partial charge in [0.15, 0.2) is 0 Å². The molecule has 1 N–H and O–H groups in total. The zero-order chi connectivity index (χ0) is 13.7. The number of rotatable bonds is 7. The van der Waals surface area contributed by atoms with Gasteiger partial charge in [-0.3, -0.25) is 0 Å². The molecule has 4 nitrogen and oxygen atoms in total. The maximum absolute atomic E-state index is 4.19. The van der Waals surface area contributed by atoms with Crippen molar-refractivity contribution in [3.8, 4) is 0 Å². The second kappa shape index (κ2) is 7.17. The number of aromatic nitrogens is 3. The first kappa shape index (κ1) is 14.7. The zero-order valence-corrected chi connectivity index (χ0v) is 13.7. The monoisotopic (exact) mass is 342 g/mol. The third-order valence-corrected chi connectivity index (χ3v) is 4.82. The second-order valence-electron chi connectivity index (χ2n) is 4.40. The Morgan fingerprint density at radius 1 is 1.42 bits per heavy atom. The molecule has 1 unspecified atom stereocenters. The van der Waals surface area contributed by atoms with E-state index in [-0.39, 0.29) is 6.04 Å². The number of thiophene rings is 1. The summed E-state index contributed by atoms with van der Waals surface area (Å²) in [5.41, 5.74) is 1.14. The third kappa shape index (κ3) is 3.43. The largest absolute Gasteiger partial charge is 0.304 e. The molecule has 0 saturated carbocycles. The Morgan fingerprint density at radius 2 is 2.26 bits per heavy atom. The first-order valence-electron chi connectivity index (χ1n) is 6.62. The fourth-order valence-electron chi connectivity index (χ4n) is 2.01. The van der Waals surface area contributed by atoms with Gasteiger partial charge in [0.05, 0.1) is 17.9 Å². The maximum atomic E-state index is 4.19. The summed E-state index contributed by atoms with van der Waals surface area (Å²) in [5, 5.41) is 14.0. The molecule has 0 amide bonds. The van der Waals surface area contributed by atoms with Gasteiger partial charge in [0.25, 0.3) is 0 Å². The summed E-state index contributed by atoms with van der Waals surface area (Å²) in [6, 6.07) is 2.25. The molecule has 6 heteroatoms. The van der Waals surface area contributed by atoms with Crippen LogP contribution in [0.3, 0.4) is 0 Å². The van der Waals surface area contributed by atoms with Crippen molar-refractivity contribution in [1.29, 1.82) is 0 Å². The standard InChI is InChI=1S/C13H19BrN4S/c1-3-6-15-12(13-10(14)5-8-19-13)11-9-16-17-18(11)7-4-2/h5,8-9,12,15H,3-4,6-7H2,1-2H3. The van der Waals surface area contributed by atoms with Gasteiger partial charge in [-0.25, -0.2) is 4.68 Å². The molecule has 0 aliphatic heterocycles. The van der Waals surface area contributed by atoms with Crippen molar-refractivity contribution in [2.75, 3.05) is 6.54 Å². The van der Waals surface area contributed by atoms with Gasteiger partial charge in [-0.05, 0) is 46.8 Å². The maximum Gasteiger partial charge on any atom is 0.0869 e. The summed E-state index contributed by atoms with van der Waals surface area (Å²) in [6.45, 7) is 6.21. The van der Waals surface area contributed by atoms with Crippen LogP contribution in [0.5, 0.6) is 0 Å². The van der Waals surface area contributed by atoms with Gasteiger partial charge in [0.2, 0.25) is 0 Å². The quantitative estimate of drug-likeness (QED) is 0.835. The van der Waals surface area contributed by atoms with Crippen LogP contribution in [0.15, 0.2) is 22.1 Å². The van der Waals surface area contributed by atoms with E-state index < -0.39 is 0 Å². The topological polar surface area (TPSA) is 42.7 Å². The average molecular weight is 343 g/mol. The van der Waals surface area contributed by atoms with E-state index in [1.54, 1.807) is 11.3 Å². The van der Waals surface area contributed by atoms with Crippen molar-refractivity contribution in [3.05, 3.63) is 32.7 Å². The van der Waals surface area contributed by atoms with Crippen molar-refractivity contribution in [2.24, 2.45) is 0 Å². The Morgan fingerprint density at radius 3 is 2.89 bits per heavy atom. The molecule has 1 atom stereocenters. The summed E-state index contributed by atoms with van der Waals surface area (Å²) in [4.78, 5) is 1.29. The van der Waals surface area contributed by atoms with Crippen molar-refractivity contribution in [3.63, 3.8) is 0 Å². The minimum absolute atomic E-state index is 0.163. The molecule has 0 aliphatic rings. The fourth-order valence-corrected chi connectivity index (χ4v) is 3.69. The van der Waals surface area contributed by atoms with Crippen LogP contribution in [-0.4, -0.2) is 21.5 Å². The van der Waals surface area contributed by atoms with Crippen molar-refractivity contribution in [2.45, 2.75) is 39.3 Å². The molecule has 0 fully saturated rings. The molecule has 2 aromatic rings. The highest BCUT2D eigenvalue weighted by atomic mass is 79.9. The van der Waals surface area contributed by atoms with Crippen LogP contribution in [0.25, 0.3) is 0 Å². The lowest BCUT2D eigenvalue weighted by Gasteiger charge is -2.18. The Kier molecular flexibility index (Phi) is 5.54. The first-order chi connectivity index (χ1) is 9.27. The summed E-state index contributed by atoms with van der Waals surface area (Å²) < 4.78 is 3.15. The van der Waals surface area contributed by atoms with Crippen molar-refractivity contribution in [1.82, 2.24) is 20.3 Å². The van der Waals surface area contributed by atoms with Gasteiger partial charge in [-0.15, -0.1) is 16.4 Å². The number of hydrogen-bond donors (Lipinski definition) is 1. The molecular formula is C13H19BrN4S. The predicted molar refractivity (Wildman–Crippen MR) is 82.5 cm³/mol. The van der Waals surface area contributed by atoms with Gasteiger partial charge in [0.1, 0.15) is 0 Å². The van der Waals surface area contributed by atoms with Crippen molar-refractivity contribution < 1.29 is 0 Å². The van der Waals surface area contributed by atoms with Crippen LogP contribution in [0.1, 0.15) is 43.3 Å². The Bertz CT molecular complexity index is 508. The smallest absolute Gasteiger partial charge is 0.0869 e. The normalized spacial score (nSPS) is 12.8. The molecule has 19 heavy (non-hydrogen) atoms. The van der Waals surface area contributed by atoms with E-state index in [0.29, 0.717) is 0 Å². The van der Waals surface area contributed by atoms with Crippen LogP contribution in [-0.2, 0) is 6.54 Å². The Hall–Kier alpha value is -0.720. The van der Waals surface area contributed by atoms with Crippen LogP contribution in [0.2, 0.25) is 0 Å². The Balaban J connectivity index is 2.31. The predicted octanol–water partition coefficient (Wildman–Crippen LogP) is 3.60. The first-order valence-corrected chi connectivity index (χ1v) is 8.29. The van der Waals surface area contributed by atoms with E-state index in [1.807, 2.05) is 10.9 Å². The number of hydrogen-bond acceptors (Lipinski definition) is 4. The van der Waals surface area contributed by atoms with Gasteiger partial charge < -0.3 is 5.32 Å². The molecule has 2 aromatic heterocycles. The highest BCUT2D eigenvalue weighted by Gasteiger charge is 2.21. The minimum atomic E-state index is 0.163. The second-order valence-corrected chi connectivity index (χ2v) is 6.20. The summed E-state index contributed by atoms with van der Waals surface area (Å²) in [5.74, 6) is 0. The molecule has 0 saturated heterocycles. The van der Waals surface area contributed by atoms with Crippen LogP contribution >= 0.6 is 27.3 Å². The lowest BCUT2D eigenvalue weighted by molar-refractivity contribution is 0.507. The zero-order valence-electron chi connectivity index (χ0n) is 11.3. The fraction of sp³-hybridized carbons (Fsp3) is 0.538. The summed E-state index contributed by atoms with van der Waals surface area (Å²) >= 11 is 5.38. The lowest BCUT2D eigenvalue weighted by atomic mass is 10.1. The Labute approximate surface area is 126 Å². The van der Waals surface area contributed by atoms with E-state index in [9.17, 15) is 0 Å². The summed E-state index contributed by atoms with van der Waals surface area (Å²) in [6.07, 6.45) is 4.03. The minimum Gasteiger partial charge on any atom is -0.304 e. The third-order valence-electron chi connectivity index (χ3n) is 2.88. The molecule has 2 rings (SSSR count). The van der Waals surface area contributed by atoms with Crippen LogP contribution < -0.4 is 5.32 Å². The number of aryl methyl sites for hydroxylation is 1. The van der Waals surface area contributed by atoms with E-state index in [0.717, 1.165) is 36.1 Å². The van der Waals surface area contributed by atoms with Crippen LogP contribution in [0, 0.1) is 0 Å². The molecule has 0 radical (unpaired) electrons. The lowest BCUT2D eigenvalue weighted by Crippen LogP contribution is -2.25. The highest BCUT2D eigenvalue weighted by molar-refractivity contribution is 9.10. The molecule has 0 aliphatic carbocycles. The number of nitrogens with one attached hydrogen (secondary N) is 1. The van der Waals surface area contributed by atoms with E-state index in [2.05, 4.69) is 56.9 Å². The van der Waals surface area contributed by atoms with Gasteiger partial charge >= 0.3 is 0 Å². The summed E-state index contributed by atoms with van der Waals surface area (Å²) in [7, 11) is 0. The van der Waals surface area contributed by atoms with Gasteiger partial charge in [0, 0.05) is 15.9 Å². The van der Waals surface area contributed by atoms with E-state index >= 15 is 0 Å². The number of nitrogens with zero attached hydrogens (tertiary/aromatic N) is 3. The van der Waals surface area contributed by atoms with Crippen LogP contribution in [0.4, 0.5) is 0 Å².